The number of thiazole rings is 1. The van der Waals surface area contributed by atoms with Crippen molar-refractivity contribution >= 4 is 34.2 Å². The van der Waals surface area contributed by atoms with Gasteiger partial charge in [-0.1, -0.05) is 66.7 Å². The average Bonchev–Trinajstić information content (AvgIpc) is 3.35. The fourth-order valence-electron chi connectivity index (χ4n) is 3.17. The normalized spacial score (nSPS) is 16.9. The second-order valence-corrected chi connectivity index (χ2v) is 7.05. The van der Waals surface area contributed by atoms with Crippen molar-refractivity contribution in [2.75, 3.05) is 4.90 Å². The van der Waals surface area contributed by atoms with Gasteiger partial charge in [0.05, 0.1) is 11.6 Å². The van der Waals surface area contributed by atoms with Crippen molar-refractivity contribution in [3.05, 3.63) is 101 Å². The third-order valence-corrected chi connectivity index (χ3v) is 5.21. The molecule has 28 heavy (non-hydrogen) atoms. The van der Waals surface area contributed by atoms with Crippen LogP contribution in [0.4, 0.5) is 5.13 Å². The van der Waals surface area contributed by atoms with E-state index >= 15 is 0 Å². The molecule has 0 bridgehead atoms. The molecule has 1 atom stereocenters. The first-order valence-electron chi connectivity index (χ1n) is 8.65. The Morgan fingerprint density at radius 1 is 1.07 bits per heavy atom. The molecule has 138 valence electrons. The number of benzene rings is 2. The van der Waals surface area contributed by atoms with Crippen LogP contribution >= 0.6 is 11.3 Å². The zero-order valence-corrected chi connectivity index (χ0v) is 15.5. The second-order valence-electron chi connectivity index (χ2n) is 6.17. The number of ketones is 1. The van der Waals surface area contributed by atoms with Gasteiger partial charge in [0.1, 0.15) is 0 Å². The average molecular weight is 388 g/mol. The van der Waals surface area contributed by atoms with E-state index in [0.717, 1.165) is 11.1 Å². The van der Waals surface area contributed by atoms with E-state index in [0.29, 0.717) is 5.13 Å². The summed E-state index contributed by atoms with van der Waals surface area (Å²) in [6.45, 7) is 0. The molecule has 1 aromatic heterocycles. The molecule has 3 aromatic rings. The van der Waals surface area contributed by atoms with Gasteiger partial charge in [-0.15, -0.1) is 11.3 Å². The van der Waals surface area contributed by atoms with Crippen LogP contribution in [0.3, 0.4) is 0 Å². The van der Waals surface area contributed by atoms with Gasteiger partial charge in [-0.2, -0.15) is 0 Å². The first-order chi connectivity index (χ1) is 13.7. The highest BCUT2D eigenvalue weighted by Gasteiger charge is 2.44. The lowest BCUT2D eigenvalue weighted by Gasteiger charge is -2.24. The van der Waals surface area contributed by atoms with E-state index in [-0.39, 0.29) is 5.57 Å². The summed E-state index contributed by atoms with van der Waals surface area (Å²) in [5.74, 6) is -1.57. The van der Waals surface area contributed by atoms with Crippen LogP contribution in [-0.2, 0) is 9.59 Å². The van der Waals surface area contributed by atoms with Crippen LogP contribution in [0.5, 0.6) is 0 Å². The summed E-state index contributed by atoms with van der Waals surface area (Å²) in [5.41, 5.74) is 1.64. The molecule has 0 saturated heterocycles. The molecule has 0 saturated carbocycles. The van der Waals surface area contributed by atoms with Crippen LogP contribution in [0, 0.1) is 0 Å². The molecule has 0 aliphatic carbocycles. The Bertz CT molecular complexity index is 1060. The molecule has 2 heterocycles. The molecule has 1 aliphatic rings. The fourth-order valence-corrected chi connectivity index (χ4v) is 3.83. The predicted molar refractivity (Wildman–Crippen MR) is 109 cm³/mol. The van der Waals surface area contributed by atoms with E-state index in [4.69, 9.17) is 0 Å². The van der Waals surface area contributed by atoms with Crippen LogP contribution in [0.2, 0.25) is 0 Å². The van der Waals surface area contributed by atoms with Crippen molar-refractivity contribution in [2.45, 2.75) is 6.04 Å². The summed E-state index contributed by atoms with van der Waals surface area (Å²) < 4.78 is 0. The van der Waals surface area contributed by atoms with Gasteiger partial charge in [0.2, 0.25) is 0 Å². The van der Waals surface area contributed by atoms with Crippen LogP contribution in [0.1, 0.15) is 17.2 Å². The SMILES string of the molecule is O=C(C=Cc1ccccc1)C1=C(O)C(=O)N(c2nccs2)C1c1ccccc1. The molecule has 0 radical (unpaired) electrons. The van der Waals surface area contributed by atoms with E-state index in [9.17, 15) is 14.7 Å². The van der Waals surface area contributed by atoms with Crippen LogP contribution in [-0.4, -0.2) is 21.8 Å². The minimum Gasteiger partial charge on any atom is -0.503 e. The van der Waals surface area contributed by atoms with Gasteiger partial charge in [0, 0.05) is 11.6 Å². The summed E-state index contributed by atoms with van der Waals surface area (Å²) in [5, 5.41) is 12.7. The Hall–Kier alpha value is -3.51. The number of carbonyl (C=O) groups is 2. The van der Waals surface area contributed by atoms with Crippen molar-refractivity contribution in [2.24, 2.45) is 0 Å². The lowest BCUT2D eigenvalue weighted by atomic mass is 9.96. The highest BCUT2D eigenvalue weighted by atomic mass is 32.1. The Morgan fingerprint density at radius 3 is 2.39 bits per heavy atom. The number of allylic oxidation sites excluding steroid dienone is 1. The maximum absolute atomic E-state index is 13.0. The zero-order chi connectivity index (χ0) is 19.5. The topological polar surface area (TPSA) is 70.5 Å². The summed E-state index contributed by atoms with van der Waals surface area (Å²) in [7, 11) is 0. The summed E-state index contributed by atoms with van der Waals surface area (Å²) in [4.78, 5) is 31.3. The monoisotopic (exact) mass is 388 g/mol. The number of aliphatic hydroxyl groups is 1. The minimum atomic E-state index is -0.729. The maximum Gasteiger partial charge on any atom is 0.296 e. The number of hydrogen-bond donors (Lipinski definition) is 1. The van der Waals surface area contributed by atoms with E-state index in [1.807, 2.05) is 60.7 Å². The Morgan fingerprint density at radius 2 is 1.75 bits per heavy atom. The predicted octanol–water partition coefficient (Wildman–Crippen LogP) is 4.33. The molecule has 6 heteroatoms. The third kappa shape index (κ3) is 3.25. The largest absolute Gasteiger partial charge is 0.503 e. The Balaban J connectivity index is 1.76. The van der Waals surface area contributed by atoms with Gasteiger partial charge in [-0.3, -0.25) is 14.5 Å². The fraction of sp³-hybridized carbons (Fsp3) is 0.0455. The molecule has 1 aliphatic heterocycles. The van der Waals surface area contributed by atoms with Gasteiger partial charge >= 0.3 is 0 Å². The highest BCUT2D eigenvalue weighted by Crippen LogP contribution is 2.41. The van der Waals surface area contributed by atoms with Crippen molar-refractivity contribution in [1.82, 2.24) is 4.98 Å². The summed E-state index contributed by atoms with van der Waals surface area (Å²) >= 11 is 1.28. The Kier molecular flexibility index (Phi) is 4.87. The quantitative estimate of drug-likeness (QED) is 0.661. The molecule has 5 nitrogen and oxygen atoms in total. The van der Waals surface area contributed by atoms with Crippen molar-refractivity contribution in [3.63, 3.8) is 0 Å². The first-order valence-corrected chi connectivity index (χ1v) is 9.53. The standard InChI is InChI=1S/C22H16N2O3S/c25-17(12-11-15-7-3-1-4-8-15)18-19(16-9-5-2-6-10-16)24(21(27)20(18)26)22-23-13-14-28-22/h1-14,19,26H. The van der Waals surface area contributed by atoms with Crippen LogP contribution in [0.15, 0.2) is 89.6 Å². The summed E-state index contributed by atoms with van der Waals surface area (Å²) in [6.07, 6.45) is 4.64. The number of nitrogens with zero attached hydrogens (tertiary/aromatic N) is 2. The summed E-state index contributed by atoms with van der Waals surface area (Å²) in [6, 6.07) is 17.8. The van der Waals surface area contributed by atoms with Gasteiger partial charge in [0.15, 0.2) is 16.7 Å². The van der Waals surface area contributed by atoms with Crippen molar-refractivity contribution < 1.29 is 14.7 Å². The van der Waals surface area contributed by atoms with E-state index in [2.05, 4.69) is 4.98 Å². The molecule has 1 amide bonds. The second kappa shape index (κ2) is 7.62. The van der Waals surface area contributed by atoms with E-state index < -0.39 is 23.5 Å². The lowest BCUT2D eigenvalue weighted by Crippen LogP contribution is -2.30. The molecule has 1 N–H and O–H groups in total. The molecule has 4 rings (SSSR count). The zero-order valence-electron chi connectivity index (χ0n) is 14.7. The minimum absolute atomic E-state index is 0.0542. The number of aromatic nitrogens is 1. The molecular weight excluding hydrogens is 372 g/mol. The molecule has 0 fully saturated rings. The first kappa shape index (κ1) is 17.9. The van der Waals surface area contributed by atoms with Crippen LogP contribution < -0.4 is 4.90 Å². The molecular formula is C22H16N2O3S. The van der Waals surface area contributed by atoms with Gasteiger partial charge in [-0.25, -0.2) is 4.98 Å². The number of aliphatic hydroxyl groups excluding tert-OH is 1. The number of carbonyl (C=O) groups excluding carboxylic acids is 2. The molecule has 2 aromatic carbocycles. The van der Waals surface area contributed by atoms with Crippen molar-refractivity contribution in [3.8, 4) is 0 Å². The van der Waals surface area contributed by atoms with E-state index in [1.165, 1.54) is 22.3 Å². The lowest BCUT2D eigenvalue weighted by molar-refractivity contribution is -0.117. The van der Waals surface area contributed by atoms with E-state index in [1.54, 1.807) is 17.7 Å². The van der Waals surface area contributed by atoms with Gasteiger partial charge < -0.3 is 5.11 Å². The van der Waals surface area contributed by atoms with Gasteiger partial charge in [0.25, 0.3) is 5.91 Å². The molecule has 1 unspecified atom stereocenters. The smallest absolute Gasteiger partial charge is 0.296 e. The van der Waals surface area contributed by atoms with Crippen molar-refractivity contribution in [1.29, 1.82) is 0 Å². The van der Waals surface area contributed by atoms with Crippen LogP contribution in [0.25, 0.3) is 6.08 Å². The number of hydrogen-bond acceptors (Lipinski definition) is 5. The number of rotatable bonds is 5. The third-order valence-electron chi connectivity index (χ3n) is 4.44. The number of amides is 1. The Labute approximate surface area is 165 Å². The molecule has 0 spiro atoms. The number of anilines is 1. The van der Waals surface area contributed by atoms with Gasteiger partial charge in [-0.05, 0) is 17.2 Å². The maximum atomic E-state index is 13.0. The highest BCUT2D eigenvalue weighted by molar-refractivity contribution is 7.13.